The Labute approximate surface area is 194 Å². The predicted molar refractivity (Wildman–Crippen MR) is 124 cm³/mol. The van der Waals surface area contributed by atoms with Gasteiger partial charge in [0, 0.05) is 5.56 Å². The van der Waals surface area contributed by atoms with Crippen LogP contribution in [0.25, 0.3) is 28.0 Å². The predicted octanol–water partition coefficient (Wildman–Crippen LogP) is 5.38. The van der Waals surface area contributed by atoms with Gasteiger partial charge in [0.15, 0.2) is 17.2 Å². The summed E-state index contributed by atoms with van der Waals surface area (Å²) in [5.74, 6) is 0.353. The molecule has 6 aromatic rings. The molecule has 0 saturated heterocycles. The Morgan fingerprint density at radius 3 is 2.71 bits per heavy atom. The van der Waals surface area contributed by atoms with Crippen molar-refractivity contribution in [2.24, 2.45) is 0 Å². The van der Waals surface area contributed by atoms with Gasteiger partial charge >= 0.3 is 5.63 Å². The van der Waals surface area contributed by atoms with E-state index in [0.29, 0.717) is 50.8 Å². The molecule has 9 heteroatoms. The minimum absolute atomic E-state index is 0.340. The molecule has 7 rings (SSSR count). The smallest absolute Gasteiger partial charge is 0.344 e. The number of hydrogen-bond acceptors (Lipinski definition) is 7. The number of aromatic nitrogens is 4. The van der Waals surface area contributed by atoms with Gasteiger partial charge in [-0.25, -0.2) is 23.7 Å². The summed E-state index contributed by atoms with van der Waals surface area (Å²) in [6.07, 6.45) is 1.53. The summed E-state index contributed by atoms with van der Waals surface area (Å²) >= 11 is 1.53. The van der Waals surface area contributed by atoms with Crippen LogP contribution in [0, 0.1) is 5.82 Å². The van der Waals surface area contributed by atoms with Crippen LogP contribution in [0.2, 0.25) is 0 Å². The number of hydrogen-bond donors (Lipinski definition) is 0. The molecule has 4 aromatic heterocycles. The molecule has 5 heterocycles. The summed E-state index contributed by atoms with van der Waals surface area (Å²) in [4.78, 5) is 22.5. The van der Waals surface area contributed by atoms with E-state index >= 15 is 0 Å². The van der Waals surface area contributed by atoms with Crippen LogP contribution in [-0.2, 0) is 0 Å². The lowest BCUT2D eigenvalue weighted by atomic mass is 9.85. The molecule has 0 fully saturated rings. The normalized spacial score (nSPS) is 14.7. The van der Waals surface area contributed by atoms with E-state index in [1.54, 1.807) is 28.8 Å². The fourth-order valence-electron chi connectivity index (χ4n) is 4.42. The van der Waals surface area contributed by atoms with Crippen LogP contribution in [0.4, 0.5) is 4.39 Å². The molecule has 164 valence electrons. The minimum atomic E-state index is -0.507. The van der Waals surface area contributed by atoms with Crippen molar-refractivity contribution < 1.29 is 13.5 Å². The highest BCUT2D eigenvalue weighted by Crippen LogP contribution is 2.49. The number of fused-ring (bicyclic) bond motifs is 6. The highest BCUT2D eigenvalue weighted by molar-refractivity contribution is 7.08. The zero-order chi connectivity index (χ0) is 22.8. The highest BCUT2D eigenvalue weighted by atomic mass is 32.1. The van der Waals surface area contributed by atoms with Crippen LogP contribution in [0.5, 0.6) is 11.6 Å². The topological polar surface area (TPSA) is 82.5 Å². The first-order valence-electron chi connectivity index (χ1n) is 10.4. The molecule has 1 aliphatic heterocycles. The van der Waals surface area contributed by atoms with Crippen LogP contribution in [0.3, 0.4) is 0 Å². The second-order valence-electron chi connectivity index (χ2n) is 7.89. The van der Waals surface area contributed by atoms with E-state index in [0.717, 1.165) is 5.56 Å². The SMILES string of the molecule is O=c1oc2ccccc2c2c1C(c1ccsc1)c1c(ncn3nc(-c4ccc(F)cc4)nc13)O2. The number of halogens is 1. The van der Waals surface area contributed by atoms with Crippen LogP contribution in [0.15, 0.2) is 80.9 Å². The van der Waals surface area contributed by atoms with Gasteiger partial charge in [-0.2, -0.15) is 11.3 Å². The number of thiophene rings is 1. The van der Waals surface area contributed by atoms with Crippen LogP contribution in [0.1, 0.15) is 22.6 Å². The van der Waals surface area contributed by atoms with Crippen molar-refractivity contribution in [2.45, 2.75) is 5.92 Å². The molecule has 34 heavy (non-hydrogen) atoms. The molecular weight excluding hydrogens is 455 g/mol. The third-order valence-electron chi connectivity index (χ3n) is 5.94. The van der Waals surface area contributed by atoms with E-state index in [2.05, 4.69) is 10.1 Å². The first-order chi connectivity index (χ1) is 16.7. The number of benzene rings is 2. The lowest BCUT2D eigenvalue weighted by molar-refractivity contribution is 0.422. The maximum absolute atomic E-state index is 13.4. The van der Waals surface area contributed by atoms with E-state index in [9.17, 15) is 9.18 Å². The third-order valence-corrected chi connectivity index (χ3v) is 6.64. The average Bonchev–Trinajstić information content (AvgIpc) is 3.54. The summed E-state index contributed by atoms with van der Waals surface area (Å²) < 4.78 is 26.9. The second-order valence-corrected chi connectivity index (χ2v) is 8.67. The Balaban J connectivity index is 1.53. The minimum Gasteiger partial charge on any atom is -0.437 e. The summed E-state index contributed by atoms with van der Waals surface area (Å²) in [5.41, 5.74) is 3.05. The van der Waals surface area contributed by atoms with Crippen molar-refractivity contribution in [1.29, 1.82) is 0 Å². The van der Waals surface area contributed by atoms with Gasteiger partial charge < -0.3 is 9.15 Å². The number of ether oxygens (including phenoxy) is 1. The van der Waals surface area contributed by atoms with Crippen molar-refractivity contribution in [3.05, 3.63) is 105 Å². The molecule has 0 N–H and O–H groups in total. The summed E-state index contributed by atoms with van der Waals surface area (Å²) in [6.45, 7) is 0. The van der Waals surface area contributed by atoms with Crippen molar-refractivity contribution in [2.75, 3.05) is 0 Å². The van der Waals surface area contributed by atoms with Crippen LogP contribution < -0.4 is 10.4 Å². The Kier molecular flexibility index (Phi) is 3.97. The second kappa shape index (κ2) is 7.06. The van der Waals surface area contributed by atoms with Gasteiger partial charge in [0.1, 0.15) is 17.7 Å². The molecule has 0 bridgehead atoms. The fourth-order valence-corrected chi connectivity index (χ4v) is 5.11. The molecule has 0 amide bonds. The number of nitrogens with zero attached hydrogens (tertiary/aromatic N) is 4. The monoisotopic (exact) mass is 468 g/mol. The van der Waals surface area contributed by atoms with Crippen LogP contribution in [-0.4, -0.2) is 19.6 Å². The lowest BCUT2D eigenvalue weighted by Gasteiger charge is -2.26. The van der Waals surface area contributed by atoms with Gasteiger partial charge in [-0.05, 0) is 58.8 Å². The molecule has 0 spiro atoms. The van der Waals surface area contributed by atoms with E-state index in [1.165, 1.54) is 29.8 Å². The lowest BCUT2D eigenvalue weighted by Crippen LogP contribution is -2.22. The summed E-state index contributed by atoms with van der Waals surface area (Å²) in [6, 6.07) is 15.2. The Morgan fingerprint density at radius 1 is 1.03 bits per heavy atom. The number of para-hydroxylation sites is 1. The van der Waals surface area contributed by atoms with Gasteiger partial charge in [0.05, 0.1) is 22.4 Å². The molecule has 7 nitrogen and oxygen atoms in total. The standard InChI is InChI=1S/C25H13FN4O3S/c26-15-7-5-13(6-8-15)22-28-23-20-18(14-9-10-34-11-14)19-21(33-24(20)27-12-30(23)29-22)16-3-1-2-4-17(16)32-25(19)31/h1-12,18H. The van der Waals surface area contributed by atoms with Crippen molar-refractivity contribution in [3.63, 3.8) is 0 Å². The molecule has 2 aromatic carbocycles. The molecule has 1 atom stereocenters. The third kappa shape index (κ3) is 2.74. The van der Waals surface area contributed by atoms with Crippen molar-refractivity contribution in [3.8, 4) is 23.0 Å². The van der Waals surface area contributed by atoms with Crippen LogP contribution >= 0.6 is 11.3 Å². The molecule has 0 aliphatic carbocycles. The maximum Gasteiger partial charge on any atom is 0.344 e. The zero-order valence-electron chi connectivity index (χ0n) is 17.3. The van der Waals surface area contributed by atoms with Gasteiger partial charge in [-0.1, -0.05) is 12.1 Å². The Hall–Kier alpha value is -4.37. The molecule has 0 radical (unpaired) electrons. The maximum atomic E-state index is 13.4. The largest absolute Gasteiger partial charge is 0.437 e. The van der Waals surface area contributed by atoms with E-state index in [1.807, 2.05) is 29.0 Å². The van der Waals surface area contributed by atoms with Gasteiger partial charge in [0.2, 0.25) is 5.88 Å². The molecular formula is C25H13FN4O3S. The molecule has 0 saturated carbocycles. The highest BCUT2D eigenvalue weighted by Gasteiger charge is 2.37. The van der Waals surface area contributed by atoms with Gasteiger partial charge in [0.25, 0.3) is 0 Å². The van der Waals surface area contributed by atoms with E-state index in [-0.39, 0.29) is 5.82 Å². The summed E-state index contributed by atoms with van der Waals surface area (Å²) in [5, 5.41) is 9.16. The van der Waals surface area contributed by atoms with E-state index < -0.39 is 11.5 Å². The Bertz CT molecular complexity index is 1770. The first-order valence-corrected chi connectivity index (χ1v) is 11.4. The van der Waals surface area contributed by atoms with Gasteiger partial charge in [-0.3, -0.25) is 0 Å². The average molecular weight is 468 g/mol. The van der Waals surface area contributed by atoms with Crippen molar-refractivity contribution in [1.82, 2.24) is 19.6 Å². The van der Waals surface area contributed by atoms with Gasteiger partial charge in [-0.15, -0.1) is 5.10 Å². The molecule has 1 aliphatic rings. The fraction of sp³-hybridized carbons (Fsp3) is 0.0400. The quantitative estimate of drug-likeness (QED) is 0.317. The van der Waals surface area contributed by atoms with E-state index in [4.69, 9.17) is 14.1 Å². The van der Waals surface area contributed by atoms with Crippen molar-refractivity contribution >= 4 is 28.0 Å². The zero-order valence-corrected chi connectivity index (χ0v) is 18.1. The molecule has 1 unspecified atom stereocenters. The summed E-state index contributed by atoms with van der Waals surface area (Å²) in [7, 11) is 0. The first kappa shape index (κ1) is 19.1. The number of rotatable bonds is 2. The Morgan fingerprint density at radius 2 is 1.88 bits per heavy atom.